The number of hydrogen-bond donors (Lipinski definition) is 2. The van der Waals surface area contributed by atoms with Gasteiger partial charge in [-0.15, -0.1) is 0 Å². The Bertz CT molecular complexity index is 993. The van der Waals surface area contributed by atoms with E-state index in [1.165, 1.54) is 4.90 Å². The molecule has 2 aromatic rings. The molecule has 3 rings (SSSR count). The summed E-state index contributed by atoms with van der Waals surface area (Å²) in [7, 11) is 0. The highest BCUT2D eigenvalue weighted by molar-refractivity contribution is 7.80. The third kappa shape index (κ3) is 5.44. The van der Waals surface area contributed by atoms with Crippen LogP contribution >= 0.6 is 23.8 Å². The molecule has 30 heavy (non-hydrogen) atoms. The van der Waals surface area contributed by atoms with Crippen molar-refractivity contribution in [3.05, 3.63) is 70.4 Å². The second kappa shape index (κ2) is 10.3. The highest BCUT2D eigenvalue weighted by atomic mass is 35.5. The molecule has 6 nitrogen and oxygen atoms in total. The lowest BCUT2D eigenvalue weighted by molar-refractivity contribution is -0.122. The molecule has 0 spiro atoms. The van der Waals surface area contributed by atoms with Crippen molar-refractivity contribution in [1.29, 1.82) is 0 Å². The van der Waals surface area contributed by atoms with Crippen LogP contribution in [0.25, 0.3) is 6.08 Å². The first-order chi connectivity index (χ1) is 14.5. The van der Waals surface area contributed by atoms with Gasteiger partial charge in [-0.3, -0.25) is 14.5 Å². The molecule has 0 aliphatic carbocycles. The molecule has 1 fully saturated rings. The third-order valence-electron chi connectivity index (χ3n) is 4.41. The summed E-state index contributed by atoms with van der Waals surface area (Å²) in [6, 6.07) is 14.0. The van der Waals surface area contributed by atoms with Gasteiger partial charge >= 0.3 is 0 Å². The molecule has 1 aliphatic rings. The standard InChI is InChI=1S/C22H22ClN3O3S/c1-2-29-12-6-11-26-21(28)19(25-22(26)30)14-15-7-5-8-16(13-15)24-20(27)17-9-3-4-10-18(17)23/h3-5,7-10,13-14H,2,6,11-12H2,1H3,(H,24,27)(H,25,30)/b19-14-. The Kier molecular flexibility index (Phi) is 7.57. The summed E-state index contributed by atoms with van der Waals surface area (Å²) in [5, 5.41) is 6.55. The first kappa shape index (κ1) is 22.0. The van der Waals surface area contributed by atoms with Gasteiger partial charge in [-0.1, -0.05) is 35.9 Å². The fourth-order valence-electron chi connectivity index (χ4n) is 2.96. The molecule has 2 amide bonds. The number of carbonyl (C=O) groups is 2. The highest BCUT2D eigenvalue weighted by Gasteiger charge is 2.30. The number of nitrogens with one attached hydrogen (secondary N) is 2. The van der Waals surface area contributed by atoms with Gasteiger partial charge in [-0.05, 0) is 61.5 Å². The lowest BCUT2D eigenvalue weighted by Gasteiger charge is -2.13. The van der Waals surface area contributed by atoms with Crippen molar-refractivity contribution in [1.82, 2.24) is 10.2 Å². The van der Waals surface area contributed by atoms with Crippen molar-refractivity contribution in [3.8, 4) is 0 Å². The normalized spacial score (nSPS) is 14.9. The van der Waals surface area contributed by atoms with E-state index in [1.54, 1.807) is 48.5 Å². The van der Waals surface area contributed by atoms with Crippen LogP contribution in [-0.4, -0.2) is 41.6 Å². The van der Waals surface area contributed by atoms with Gasteiger partial charge in [-0.2, -0.15) is 0 Å². The van der Waals surface area contributed by atoms with Gasteiger partial charge in [0.05, 0.1) is 10.6 Å². The number of rotatable bonds is 8. The second-order valence-corrected chi connectivity index (χ2v) is 7.35. The van der Waals surface area contributed by atoms with Crippen LogP contribution in [0.1, 0.15) is 29.3 Å². The van der Waals surface area contributed by atoms with E-state index >= 15 is 0 Å². The van der Waals surface area contributed by atoms with Crippen LogP contribution in [0.2, 0.25) is 5.02 Å². The maximum Gasteiger partial charge on any atom is 0.276 e. The Labute approximate surface area is 185 Å². The number of anilines is 1. The summed E-state index contributed by atoms with van der Waals surface area (Å²) in [6.07, 6.45) is 2.42. The van der Waals surface area contributed by atoms with Gasteiger partial charge in [0.2, 0.25) is 0 Å². The summed E-state index contributed by atoms with van der Waals surface area (Å²) in [4.78, 5) is 26.6. The van der Waals surface area contributed by atoms with Crippen LogP contribution < -0.4 is 10.6 Å². The summed E-state index contributed by atoms with van der Waals surface area (Å²) in [5.41, 5.74) is 2.13. The van der Waals surface area contributed by atoms with Crippen molar-refractivity contribution in [2.45, 2.75) is 13.3 Å². The Balaban J connectivity index is 1.69. The zero-order valence-corrected chi connectivity index (χ0v) is 18.1. The number of benzene rings is 2. The van der Waals surface area contributed by atoms with E-state index in [1.807, 2.05) is 13.0 Å². The maximum atomic E-state index is 12.7. The van der Waals surface area contributed by atoms with Crippen molar-refractivity contribution < 1.29 is 14.3 Å². The topological polar surface area (TPSA) is 70.7 Å². The van der Waals surface area contributed by atoms with E-state index in [0.29, 0.717) is 53.3 Å². The Morgan fingerprint density at radius 3 is 2.83 bits per heavy atom. The van der Waals surface area contributed by atoms with E-state index < -0.39 is 0 Å². The minimum absolute atomic E-state index is 0.179. The summed E-state index contributed by atoms with van der Waals surface area (Å²) >= 11 is 11.4. The molecule has 2 N–H and O–H groups in total. The molecule has 0 saturated carbocycles. The first-order valence-electron chi connectivity index (χ1n) is 9.58. The van der Waals surface area contributed by atoms with E-state index in [9.17, 15) is 9.59 Å². The molecule has 1 saturated heterocycles. The largest absolute Gasteiger partial charge is 0.382 e. The molecular weight excluding hydrogens is 422 g/mol. The van der Waals surface area contributed by atoms with Gasteiger partial charge in [0.15, 0.2) is 5.11 Å². The lowest BCUT2D eigenvalue weighted by Crippen LogP contribution is -2.32. The monoisotopic (exact) mass is 443 g/mol. The van der Waals surface area contributed by atoms with Gasteiger partial charge in [0.25, 0.3) is 11.8 Å². The van der Waals surface area contributed by atoms with Crippen molar-refractivity contribution in [2.24, 2.45) is 0 Å². The highest BCUT2D eigenvalue weighted by Crippen LogP contribution is 2.20. The third-order valence-corrected chi connectivity index (χ3v) is 5.06. The van der Waals surface area contributed by atoms with E-state index in [4.69, 9.17) is 28.6 Å². The van der Waals surface area contributed by atoms with Gasteiger partial charge < -0.3 is 15.4 Å². The van der Waals surface area contributed by atoms with Crippen LogP contribution in [0.15, 0.2) is 54.2 Å². The SMILES string of the molecule is CCOCCCN1C(=O)/C(=C/c2cccc(NC(=O)c3ccccc3Cl)c2)NC1=S. The van der Waals surface area contributed by atoms with Crippen LogP contribution in [0.4, 0.5) is 5.69 Å². The predicted molar refractivity (Wildman–Crippen MR) is 122 cm³/mol. The molecule has 1 heterocycles. The average Bonchev–Trinajstić information content (AvgIpc) is 2.99. The number of ether oxygens (including phenoxy) is 1. The zero-order chi connectivity index (χ0) is 21.5. The fraction of sp³-hybridized carbons (Fsp3) is 0.227. The summed E-state index contributed by atoms with van der Waals surface area (Å²) < 4.78 is 5.31. The van der Waals surface area contributed by atoms with Crippen LogP contribution in [0.3, 0.4) is 0 Å². The first-order valence-corrected chi connectivity index (χ1v) is 10.4. The van der Waals surface area contributed by atoms with Crippen LogP contribution in [0.5, 0.6) is 0 Å². The number of halogens is 1. The molecule has 0 bridgehead atoms. The van der Waals surface area contributed by atoms with Crippen LogP contribution in [0, 0.1) is 0 Å². The Morgan fingerprint density at radius 2 is 2.07 bits per heavy atom. The van der Waals surface area contributed by atoms with E-state index in [0.717, 1.165) is 5.56 Å². The number of hydrogen-bond acceptors (Lipinski definition) is 4. The Morgan fingerprint density at radius 1 is 1.27 bits per heavy atom. The Hall–Kier alpha value is -2.74. The summed E-state index contributed by atoms with van der Waals surface area (Å²) in [6.45, 7) is 3.65. The molecule has 0 unspecified atom stereocenters. The van der Waals surface area contributed by atoms with Crippen LogP contribution in [-0.2, 0) is 9.53 Å². The molecule has 0 atom stereocenters. The molecule has 1 aliphatic heterocycles. The molecule has 0 radical (unpaired) electrons. The molecule has 0 aromatic heterocycles. The van der Waals surface area contributed by atoms with Gasteiger partial charge in [0.1, 0.15) is 5.70 Å². The molecule has 8 heteroatoms. The quantitative estimate of drug-likeness (QED) is 0.365. The number of carbonyl (C=O) groups excluding carboxylic acids is 2. The fourth-order valence-corrected chi connectivity index (χ4v) is 3.47. The summed E-state index contributed by atoms with van der Waals surface area (Å²) in [5.74, 6) is -0.482. The number of nitrogens with zero attached hydrogens (tertiary/aromatic N) is 1. The van der Waals surface area contributed by atoms with Gasteiger partial charge in [0, 0.05) is 25.4 Å². The molecule has 2 aromatic carbocycles. The van der Waals surface area contributed by atoms with E-state index in [2.05, 4.69) is 10.6 Å². The molecule has 156 valence electrons. The average molecular weight is 444 g/mol. The minimum Gasteiger partial charge on any atom is -0.382 e. The van der Waals surface area contributed by atoms with Crippen molar-refractivity contribution in [3.63, 3.8) is 0 Å². The second-order valence-electron chi connectivity index (χ2n) is 6.55. The maximum absolute atomic E-state index is 12.7. The van der Waals surface area contributed by atoms with E-state index in [-0.39, 0.29) is 11.8 Å². The number of thiocarbonyl (C=S) groups is 1. The predicted octanol–water partition coefficient (Wildman–Crippen LogP) is 4.08. The minimum atomic E-state index is -0.304. The zero-order valence-electron chi connectivity index (χ0n) is 16.5. The molecular formula is C22H22ClN3O3S. The van der Waals surface area contributed by atoms with Crippen molar-refractivity contribution in [2.75, 3.05) is 25.1 Å². The van der Waals surface area contributed by atoms with Crippen molar-refractivity contribution >= 4 is 52.5 Å². The van der Waals surface area contributed by atoms with Gasteiger partial charge in [-0.25, -0.2) is 0 Å². The number of amides is 2. The lowest BCUT2D eigenvalue weighted by atomic mass is 10.1. The smallest absolute Gasteiger partial charge is 0.276 e.